The van der Waals surface area contributed by atoms with Gasteiger partial charge in [-0.15, -0.1) is 0 Å². The number of amides is 2. The van der Waals surface area contributed by atoms with Gasteiger partial charge in [0.05, 0.1) is 11.3 Å². The lowest BCUT2D eigenvalue weighted by Crippen LogP contribution is -2.61. The molecular weight excluding hydrogens is 417 g/mol. The Balaban J connectivity index is 1.84. The van der Waals surface area contributed by atoms with E-state index < -0.39 is 30.3 Å². The van der Waals surface area contributed by atoms with Crippen molar-refractivity contribution in [1.29, 1.82) is 5.26 Å². The Bertz CT molecular complexity index is 1040. The largest absolute Gasteiger partial charge is 0.530 e. The van der Waals surface area contributed by atoms with Gasteiger partial charge in [0.1, 0.15) is 23.2 Å². The number of nitrogens with one attached hydrogen (secondary N) is 2. The molecule has 0 spiro atoms. The van der Waals surface area contributed by atoms with Crippen LogP contribution < -0.4 is 20.6 Å². The fourth-order valence-corrected chi connectivity index (χ4v) is 3.74. The van der Waals surface area contributed by atoms with E-state index in [9.17, 15) is 33.1 Å². The second-order valence-electron chi connectivity index (χ2n) is 7.36. The predicted octanol–water partition coefficient (Wildman–Crippen LogP) is 0.696. The van der Waals surface area contributed by atoms with Crippen LogP contribution in [0.3, 0.4) is 0 Å². The van der Waals surface area contributed by atoms with Crippen LogP contribution in [0.25, 0.3) is 11.0 Å². The van der Waals surface area contributed by atoms with Gasteiger partial charge in [-0.3, -0.25) is 14.8 Å². The second-order valence-corrected chi connectivity index (χ2v) is 7.36. The number of rotatable bonds is 4. The number of carboxylic acid groups (broad SMARTS) is 1. The van der Waals surface area contributed by atoms with Gasteiger partial charge in [-0.25, -0.2) is 0 Å². The summed E-state index contributed by atoms with van der Waals surface area (Å²) in [7, 11) is 0. The van der Waals surface area contributed by atoms with Crippen molar-refractivity contribution in [2.75, 3.05) is 18.0 Å². The zero-order valence-corrected chi connectivity index (χ0v) is 16.3. The van der Waals surface area contributed by atoms with E-state index in [2.05, 4.69) is 15.3 Å². The van der Waals surface area contributed by atoms with Crippen LogP contribution >= 0.6 is 0 Å². The molecule has 2 N–H and O–H groups in total. The van der Waals surface area contributed by atoms with E-state index in [0.29, 0.717) is 35.2 Å². The number of aromatic nitrogens is 2. The molecule has 1 fully saturated rings. The molecule has 9 nitrogen and oxygen atoms in total. The van der Waals surface area contributed by atoms with Crippen molar-refractivity contribution in [3.05, 3.63) is 30.1 Å². The molecule has 12 heteroatoms. The van der Waals surface area contributed by atoms with E-state index in [1.54, 1.807) is 12.1 Å². The Kier molecular flexibility index (Phi) is 6.14. The van der Waals surface area contributed by atoms with Crippen LogP contribution in [-0.4, -0.2) is 53.3 Å². The fourth-order valence-electron chi connectivity index (χ4n) is 3.74. The summed E-state index contributed by atoms with van der Waals surface area (Å²) in [5.41, 5.74) is 1.83. The zero-order chi connectivity index (χ0) is 22.8. The van der Waals surface area contributed by atoms with Crippen LogP contribution in [0.4, 0.5) is 23.7 Å². The number of nitriles is 1. The van der Waals surface area contributed by atoms with E-state index >= 15 is 0 Å². The van der Waals surface area contributed by atoms with Gasteiger partial charge in [0.25, 0.3) is 5.91 Å². The molecule has 0 saturated carbocycles. The molecular formula is C19H18F3N6O3-. The maximum atomic E-state index is 13.1. The van der Waals surface area contributed by atoms with Gasteiger partial charge in [0, 0.05) is 31.5 Å². The third-order valence-corrected chi connectivity index (χ3v) is 4.92. The number of hydrogen-bond acceptors (Lipinski definition) is 7. The van der Waals surface area contributed by atoms with Crippen molar-refractivity contribution in [2.24, 2.45) is 5.92 Å². The molecule has 1 aliphatic rings. The summed E-state index contributed by atoms with van der Waals surface area (Å²) in [4.78, 5) is 33.1. The number of fused-ring (bicyclic) bond motifs is 1. The van der Waals surface area contributed by atoms with Crippen molar-refractivity contribution in [3.63, 3.8) is 0 Å². The van der Waals surface area contributed by atoms with Gasteiger partial charge in [-0.05, 0) is 24.5 Å². The Morgan fingerprint density at radius 3 is 2.55 bits per heavy atom. The fraction of sp³-hybridized carbons (Fsp3) is 0.421. The summed E-state index contributed by atoms with van der Waals surface area (Å²) in [6, 6.07) is 1.71. The lowest BCUT2D eigenvalue weighted by atomic mass is 9.94. The minimum absolute atomic E-state index is 0.000138. The number of piperidine rings is 1. The standard InChI is InChI=1S/C19H19F3N6O3/c1-10-6-12(26-17(29)16(19(20,21)22)27-18(30)31)9-28(8-10)13-3-2-11(7-23)14-15(13)25-5-4-24-14/h2-5,10,12,16,27H,6,8-9H2,1H3,(H,26,29)(H,30,31)/p-1/t10-,12+,16?/m0/s1. The van der Waals surface area contributed by atoms with Crippen molar-refractivity contribution in [2.45, 2.75) is 31.6 Å². The van der Waals surface area contributed by atoms with Crippen LogP contribution in [0.5, 0.6) is 0 Å². The lowest BCUT2D eigenvalue weighted by molar-refractivity contribution is -0.256. The molecule has 3 rings (SSSR count). The number of carbonyl (C=O) groups is 2. The number of alkyl halides is 3. The molecule has 31 heavy (non-hydrogen) atoms. The predicted molar refractivity (Wildman–Crippen MR) is 101 cm³/mol. The van der Waals surface area contributed by atoms with Gasteiger partial charge < -0.3 is 25.4 Å². The zero-order valence-electron chi connectivity index (χ0n) is 16.3. The minimum Gasteiger partial charge on any atom is -0.530 e. The number of carbonyl (C=O) groups excluding carboxylic acids is 2. The number of halogens is 3. The van der Waals surface area contributed by atoms with Gasteiger partial charge in [-0.1, -0.05) is 6.92 Å². The SMILES string of the molecule is C[C@H]1C[C@@H](NC(=O)C(NC(=O)[O-])C(F)(F)F)CN(c2ccc(C#N)c3nccnc23)C1. The molecule has 1 aromatic carbocycles. The van der Waals surface area contributed by atoms with E-state index in [-0.39, 0.29) is 12.5 Å². The average molecular weight is 435 g/mol. The smallest absolute Gasteiger partial charge is 0.417 e. The van der Waals surface area contributed by atoms with Crippen molar-refractivity contribution in [3.8, 4) is 6.07 Å². The van der Waals surface area contributed by atoms with Crippen LogP contribution in [0.15, 0.2) is 24.5 Å². The average Bonchev–Trinajstić information content (AvgIpc) is 2.69. The Hall–Kier alpha value is -3.62. The van der Waals surface area contributed by atoms with Crippen molar-refractivity contribution >= 4 is 28.7 Å². The molecule has 0 radical (unpaired) electrons. The van der Waals surface area contributed by atoms with E-state index in [4.69, 9.17) is 0 Å². The summed E-state index contributed by atoms with van der Waals surface area (Å²) in [6.07, 6.45) is -3.98. The normalized spacial score (nSPS) is 20.0. The first-order valence-electron chi connectivity index (χ1n) is 9.33. The first kappa shape index (κ1) is 22.1. The first-order valence-corrected chi connectivity index (χ1v) is 9.33. The second kappa shape index (κ2) is 8.63. The number of nitrogens with zero attached hydrogens (tertiary/aromatic N) is 4. The maximum absolute atomic E-state index is 13.1. The van der Waals surface area contributed by atoms with Gasteiger partial charge >= 0.3 is 6.18 Å². The molecule has 0 aliphatic carbocycles. The van der Waals surface area contributed by atoms with Gasteiger partial charge in [0.15, 0.2) is 0 Å². The van der Waals surface area contributed by atoms with Crippen molar-refractivity contribution in [1.82, 2.24) is 20.6 Å². The topological polar surface area (TPSA) is 134 Å². The highest BCUT2D eigenvalue weighted by atomic mass is 19.4. The van der Waals surface area contributed by atoms with Crippen molar-refractivity contribution < 1.29 is 27.9 Å². The molecule has 1 aromatic heterocycles. The highest BCUT2D eigenvalue weighted by molar-refractivity contribution is 5.92. The Labute approximate surface area is 174 Å². The van der Waals surface area contributed by atoms with E-state index in [0.717, 1.165) is 5.32 Å². The molecule has 0 bridgehead atoms. The molecule has 1 aliphatic heterocycles. The Morgan fingerprint density at radius 2 is 1.94 bits per heavy atom. The summed E-state index contributed by atoms with van der Waals surface area (Å²) in [6.45, 7) is 2.59. The molecule has 3 atom stereocenters. The minimum atomic E-state index is -5.11. The van der Waals surface area contributed by atoms with E-state index in [1.165, 1.54) is 12.4 Å². The maximum Gasteiger partial charge on any atom is 0.417 e. The first-order chi connectivity index (χ1) is 14.6. The van der Waals surface area contributed by atoms with Crippen LogP contribution in [0, 0.1) is 17.2 Å². The highest BCUT2D eigenvalue weighted by Gasteiger charge is 2.46. The summed E-state index contributed by atoms with van der Waals surface area (Å²) in [5.74, 6) is -1.50. The monoisotopic (exact) mass is 435 g/mol. The summed E-state index contributed by atoms with van der Waals surface area (Å²) in [5, 5.41) is 23.2. The molecule has 2 aromatic rings. The molecule has 1 saturated heterocycles. The lowest BCUT2D eigenvalue weighted by Gasteiger charge is -2.39. The van der Waals surface area contributed by atoms with E-state index in [1.807, 2.05) is 17.9 Å². The number of anilines is 1. The third kappa shape index (κ3) is 4.93. The van der Waals surface area contributed by atoms with Gasteiger partial charge in [0.2, 0.25) is 6.04 Å². The number of hydrogen-bond donors (Lipinski definition) is 2. The summed E-state index contributed by atoms with van der Waals surface area (Å²) < 4.78 is 39.2. The van der Waals surface area contributed by atoms with Crippen LogP contribution in [0.2, 0.25) is 0 Å². The van der Waals surface area contributed by atoms with Crippen LogP contribution in [-0.2, 0) is 4.79 Å². The molecule has 1 unspecified atom stereocenters. The number of benzene rings is 1. The Morgan fingerprint density at radius 1 is 1.26 bits per heavy atom. The third-order valence-electron chi connectivity index (χ3n) is 4.92. The quantitative estimate of drug-likeness (QED) is 0.722. The summed E-state index contributed by atoms with van der Waals surface area (Å²) >= 11 is 0. The van der Waals surface area contributed by atoms with Gasteiger partial charge in [-0.2, -0.15) is 18.4 Å². The molecule has 2 heterocycles. The molecule has 164 valence electrons. The highest BCUT2D eigenvalue weighted by Crippen LogP contribution is 2.30. The molecule has 2 amide bonds. The van der Waals surface area contributed by atoms with Crippen LogP contribution in [0.1, 0.15) is 18.9 Å².